The number of hydrogen-bond donors (Lipinski definition) is 3. The maximum absolute atomic E-state index is 13.3. The van der Waals surface area contributed by atoms with E-state index in [4.69, 9.17) is 9.98 Å². The number of amides is 1. The third-order valence-electron chi connectivity index (χ3n) is 8.25. The smallest absolute Gasteiger partial charge is 0.251 e. The number of aliphatic imine (C=N–C) groups is 2. The molecule has 47 heavy (non-hydrogen) atoms. The summed E-state index contributed by atoms with van der Waals surface area (Å²) in [5.41, 5.74) is 4.16. The Morgan fingerprint density at radius 3 is 1.68 bits per heavy atom. The summed E-state index contributed by atoms with van der Waals surface area (Å²) in [5, 5.41) is 25.1. The van der Waals surface area contributed by atoms with Crippen molar-refractivity contribution in [1.29, 1.82) is 0 Å². The Bertz CT molecular complexity index is 1750. The molecule has 0 spiro atoms. The van der Waals surface area contributed by atoms with Crippen LogP contribution < -0.4 is 5.32 Å². The topological polar surface area (TPSA) is 120 Å². The van der Waals surface area contributed by atoms with Crippen LogP contribution in [0.4, 0.5) is 11.4 Å². The van der Waals surface area contributed by atoms with Gasteiger partial charge in [0.05, 0.1) is 11.4 Å². The van der Waals surface area contributed by atoms with Crippen LogP contribution in [0, 0.1) is 0 Å². The summed E-state index contributed by atoms with van der Waals surface area (Å²) in [6.07, 6.45) is 19.1. The zero-order valence-electron chi connectivity index (χ0n) is 27.0. The summed E-state index contributed by atoms with van der Waals surface area (Å²) in [6, 6.07) is 19.5. The average Bonchev–Trinajstić information content (AvgIpc) is 3.10. The predicted octanol–water partition coefficient (Wildman–Crippen LogP) is 9.35. The highest BCUT2D eigenvalue weighted by molar-refractivity contribution is 6.03. The first-order valence-electron chi connectivity index (χ1n) is 16.7. The van der Waals surface area contributed by atoms with Gasteiger partial charge in [-0.15, -0.1) is 0 Å². The molecule has 1 amide bonds. The Morgan fingerprint density at radius 2 is 1.17 bits per heavy atom. The molecule has 2 heterocycles. The molecule has 0 saturated carbocycles. The van der Waals surface area contributed by atoms with Gasteiger partial charge in [0.1, 0.15) is 22.5 Å². The number of fused-ring (bicyclic) bond motifs is 2. The van der Waals surface area contributed by atoms with Crippen molar-refractivity contribution in [3.63, 3.8) is 0 Å². The molecule has 8 heteroatoms. The molecule has 5 aromatic rings. The van der Waals surface area contributed by atoms with E-state index >= 15 is 0 Å². The van der Waals surface area contributed by atoms with E-state index in [0.29, 0.717) is 34.5 Å². The van der Waals surface area contributed by atoms with Crippen molar-refractivity contribution in [3.8, 4) is 11.5 Å². The van der Waals surface area contributed by atoms with Gasteiger partial charge < -0.3 is 15.5 Å². The van der Waals surface area contributed by atoms with Crippen LogP contribution in [0.15, 0.2) is 89.1 Å². The minimum Gasteiger partial charge on any atom is -0.506 e. The molecule has 0 aliphatic heterocycles. The number of nitrogens with zero attached hydrogens (tertiary/aromatic N) is 4. The average molecular weight is 630 g/mol. The van der Waals surface area contributed by atoms with E-state index in [-0.39, 0.29) is 17.4 Å². The van der Waals surface area contributed by atoms with E-state index < -0.39 is 0 Å². The van der Waals surface area contributed by atoms with E-state index in [0.717, 1.165) is 34.7 Å². The van der Waals surface area contributed by atoms with Crippen LogP contribution in [0.5, 0.6) is 11.5 Å². The number of rotatable bonds is 16. The molecule has 0 atom stereocenters. The number of nitrogens with one attached hydrogen (secondary N) is 1. The molecule has 5 rings (SSSR count). The third kappa shape index (κ3) is 9.22. The van der Waals surface area contributed by atoms with Gasteiger partial charge in [0.15, 0.2) is 0 Å². The number of hydrogen-bond acceptors (Lipinski definition) is 7. The summed E-state index contributed by atoms with van der Waals surface area (Å²) >= 11 is 0. The Kier molecular flexibility index (Phi) is 12.0. The highest BCUT2D eigenvalue weighted by Crippen LogP contribution is 2.28. The van der Waals surface area contributed by atoms with Gasteiger partial charge in [0, 0.05) is 58.8 Å². The molecular formula is C39H43N5O3. The fourth-order valence-corrected chi connectivity index (χ4v) is 5.66. The van der Waals surface area contributed by atoms with Crippen LogP contribution in [0.2, 0.25) is 0 Å². The zero-order chi connectivity index (χ0) is 32.8. The van der Waals surface area contributed by atoms with Crippen molar-refractivity contribution in [2.75, 3.05) is 6.54 Å². The van der Waals surface area contributed by atoms with E-state index in [1.54, 1.807) is 61.2 Å². The quantitative estimate of drug-likeness (QED) is 0.0742. The number of carbonyl (C=O) groups is 1. The zero-order valence-corrected chi connectivity index (χ0v) is 27.0. The molecule has 0 aliphatic carbocycles. The summed E-state index contributed by atoms with van der Waals surface area (Å²) in [4.78, 5) is 31.3. The predicted molar refractivity (Wildman–Crippen MR) is 192 cm³/mol. The van der Waals surface area contributed by atoms with E-state index in [1.807, 2.05) is 30.3 Å². The lowest BCUT2D eigenvalue weighted by Crippen LogP contribution is -2.24. The number of unbranched alkanes of at least 4 members (excludes halogenated alkanes) is 9. The van der Waals surface area contributed by atoms with Crippen molar-refractivity contribution < 1.29 is 15.0 Å². The van der Waals surface area contributed by atoms with Crippen LogP contribution in [-0.2, 0) is 0 Å². The monoisotopic (exact) mass is 629 g/mol. The molecule has 242 valence electrons. The van der Waals surface area contributed by atoms with Gasteiger partial charge in [-0.05, 0) is 61.0 Å². The lowest BCUT2D eigenvalue weighted by molar-refractivity contribution is 0.0953. The van der Waals surface area contributed by atoms with Gasteiger partial charge in [-0.3, -0.25) is 24.7 Å². The number of pyridine rings is 2. The molecular weight excluding hydrogens is 586 g/mol. The number of carbonyl (C=O) groups excluding carboxylic acids is 1. The maximum Gasteiger partial charge on any atom is 0.251 e. The van der Waals surface area contributed by atoms with Crippen LogP contribution >= 0.6 is 0 Å². The Morgan fingerprint density at radius 1 is 0.681 bits per heavy atom. The first kappa shape index (κ1) is 33.3. The van der Waals surface area contributed by atoms with Gasteiger partial charge in [0.25, 0.3) is 5.91 Å². The van der Waals surface area contributed by atoms with Crippen LogP contribution in [0.25, 0.3) is 21.8 Å². The highest BCUT2D eigenvalue weighted by Gasteiger charge is 2.10. The largest absolute Gasteiger partial charge is 0.506 e. The first-order chi connectivity index (χ1) is 23.0. The second-order valence-corrected chi connectivity index (χ2v) is 11.8. The summed E-state index contributed by atoms with van der Waals surface area (Å²) in [5.74, 6) is 0.0350. The van der Waals surface area contributed by atoms with E-state index in [1.165, 1.54) is 51.4 Å². The fourth-order valence-electron chi connectivity index (χ4n) is 5.66. The number of phenols is 2. The number of benzene rings is 3. The normalized spacial score (nSPS) is 11.7. The molecule has 0 fully saturated rings. The Hall–Kier alpha value is -5.11. The number of aromatic hydroxyl groups is 2. The second kappa shape index (κ2) is 17.0. The molecule has 0 saturated heterocycles. The summed E-state index contributed by atoms with van der Waals surface area (Å²) in [7, 11) is 0. The molecule has 3 aromatic carbocycles. The summed E-state index contributed by atoms with van der Waals surface area (Å²) < 4.78 is 0. The Labute approximate surface area is 276 Å². The van der Waals surface area contributed by atoms with Gasteiger partial charge in [-0.25, -0.2) is 0 Å². The standard InChI is InChI=1S/C39H43N5O3/c1-2-3-4-5-6-7-8-9-10-11-20-42-39(47)30-23-31(43-26-28-16-18-35(45)37-33(28)14-12-21-40-37)25-32(24-30)44-27-29-17-19-36(46)38-34(29)15-13-22-41-38/h12-19,21-27,45-46H,2-11,20H2,1H3,(H,42,47). The van der Waals surface area contributed by atoms with Crippen molar-refractivity contribution in [1.82, 2.24) is 15.3 Å². The lowest BCUT2D eigenvalue weighted by atomic mass is 10.1. The minimum atomic E-state index is -0.173. The second-order valence-electron chi connectivity index (χ2n) is 11.8. The summed E-state index contributed by atoms with van der Waals surface area (Å²) in [6.45, 7) is 2.86. The van der Waals surface area contributed by atoms with Gasteiger partial charge >= 0.3 is 0 Å². The van der Waals surface area contributed by atoms with Gasteiger partial charge in [-0.1, -0.05) is 76.8 Å². The van der Waals surface area contributed by atoms with E-state index in [9.17, 15) is 15.0 Å². The molecule has 0 unspecified atom stereocenters. The van der Waals surface area contributed by atoms with Crippen molar-refractivity contribution in [2.24, 2.45) is 9.98 Å². The molecule has 3 N–H and O–H groups in total. The molecule has 8 nitrogen and oxygen atoms in total. The van der Waals surface area contributed by atoms with Gasteiger partial charge in [-0.2, -0.15) is 0 Å². The third-order valence-corrected chi connectivity index (χ3v) is 8.25. The van der Waals surface area contributed by atoms with Crippen molar-refractivity contribution >= 4 is 51.5 Å². The first-order valence-corrected chi connectivity index (χ1v) is 16.7. The van der Waals surface area contributed by atoms with Crippen LogP contribution in [0.1, 0.15) is 92.6 Å². The minimum absolute atomic E-state index is 0.104. The number of phenolic OH excluding ortho intramolecular Hbond substituents is 2. The van der Waals surface area contributed by atoms with Crippen molar-refractivity contribution in [3.05, 3.63) is 95.8 Å². The lowest BCUT2D eigenvalue weighted by Gasteiger charge is -2.08. The maximum atomic E-state index is 13.3. The SMILES string of the molecule is CCCCCCCCCCCCNC(=O)c1cc(N=Cc2ccc(O)c3ncccc23)cc(N=Cc2ccc(O)c3ncccc23)c1. The molecule has 0 bridgehead atoms. The van der Waals surface area contributed by atoms with Gasteiger partial charge in [0.2, 0.25) is 0 Å². The number of aromatic nitrogens is 2. The highest BCUT2D eigenvalue weighted by atomic mass is 16.3. The Balaban J connectivity index is 1.31. The van der Waals surface area contributed by atoms with Crippen LogP contribution in [-0.4, -0.2) is 45.1 Å². The molecule has 0 radical (unpaired) electrons. The molecule has 0 aliphatic rings. The van der Waals surface area contributed by atoms with Crippen molar-refractivity contribution in [2.45, 2.75) is 71.1 Å². The van der Waals surface area contributed by atoms with Crippen LogP contribution in [0.3, 0.4) is 0 Å². The fraction of sp³-hybridized carbons (Fsp3) is 0.308. The molecule has 2 aromatic heterocycles. The van der Waals surface area contributed by atoms with E-state index in [2.05, 4.69) is 22.2 Å².